The minimum atomic E-state index is -1.16. The van der Waals surface area contributed by atoms with Crippen molar-refractivity contribution in [3.63, 3.8) is 0 Å². The summed E-state index contributed by atoms with van der Waals surface area (Å²) in [5.41, 5.74) is 1.12. The molecular weight excluding hydrogens is 174 g/mol. The van der Waals surface area contributed by atoms with Gasteiger partial charge < -0.3 is 10.4 Å². The number of nitrogens with two attached hydrogens (primary N) is 1. The molecule has 0 saturated heterocycles. The molecule has 0 spiro atoms. The summed E-state index contributed by atoms with van der Waals surface area (Å²) < 4.78 is 0. The summed E-state index contributed by atoms with van der Waals surface area (Å²) in [5, 5.41) is 10.6. The van der Waals surface area contributed by atoms with Crippen LogP contribution < -0.4 is 16.6 Å². The summed E-state index contributed by atoms with van der Waals surface area (Å²) in [6.45, 7) is 4.81. The van der Waals surface area contributed by atoms with Gasteiger partial charge in [-0.2, -0.15) is 0 Å². The average Bonchev–Trinajstić information content (AvgIpc) is 2.01. The lowest BCUT2D eigenvalue weighted by Gasteiger charge is -2.29. The number of nitrogens with one attached hydrogen (secondary N) is 2. The summed E-state index contributed by atoms with van der Waals surface area (Å²) in [5.74, 6) is 4.54. The summed E-state index contributed by atoms with van der Waals surface area (Å²) in [6.07, 6.45) is -1.16. The molecule has 0 aromatic heterocycles. The molecule has 0 aliphatic heterocycles. The number of rotatable bonds is 3. The minimum Gasteiger partial charge on any atom is -0.465 e. The normalized spacial score (nSPS) is 13.2. The van der Waals surface area contributed by atoms with Gasteiger partial charge in [0, 0.05) is 6.04 Å². The topological polar surface area (TPSA) is 104 Å². The monoisotopic (exact) mass is 189 g/mol. The number of carbonyl (C=O) groups is 2. The maximum Gasteiger partial charge on any atom is 0.404 e. The predicted molar refractivity (Wildman–Crippen MR) is 46.7 cm³/mol. The molecule has 0 aromatic carbocycles. The number of carbonyl (C=O) groups excluding carboxylic acids is 1. The molecule has 0 fully saturated rings. The van der Waals surface area contributed by atoms with Crippen LogP contribution in [0.4, 0.5) is 4.79 Å². The first-order valence-electron chi connectivity index (χ1n) is 3.83. The molecule has 0 unspecified atom stereocenters. The van der Waals surface area contributed by atoms with Crippen LogP contribution >= 0.6 is 0 Å². The molecule has 76 valence electrons. The smallest absolute Gasteiger partial charge is 0.404 e. The van der Waals surface area contributed by atoms with Gasteiger partial charge in [0.25, 0.3) is 0 Å². The molecule has 0 bridgehead atoms. The van der Waals surface area contributed by atoms with Gasteiger partial charge in [-0.1, -0.05) is 0 Å². The maximum absolute atomic E-state index is 11.2. The highest BCUT2D eigenvalue weighted by Gasteiger charge is 2.34. The second kappa shape index (κ2) is 4.08. The van der Waals surface area contributed by atoms with E-state index in [0.717, 1.165) is 0 Å². The van der Waals surface area contributed by atoms with E-state index >= 15 is 0 Å². The third-order valence-electron chi connectivity index (χ3n) is 2.14. The molecule has 6 nitrogen and oxygen atoms in total. The molecule has 5 N–H and O–H groups in total. The van der Waals surface area contributed by atoms with Gasteiger partial charge in [0.2, 0.25) is 5.91 Å². The second-order valence-corrected chi connectivity index (χ2v) is 3.37. The number of hydrogen-bond acceptors (Lipinski definition) is 3. The molecule has 0 heterocycles. The van der Waals surface area contributed by atoms with E-state index in [2.05, 4.69) is 5.32 Å². The van der Waals surface area contributed by atoms with E-state index in [1.54, 1.807) is 20.8 Å². The van der Waals surface area contributed by atoms with Crippen LogP contribution in [0.5, 0.6) is 0 Å². The van der Waals surface area contributed by atoms with Crippen molar-refractivity contribution in [1.29, 1.82) is 0 Å². The molecule has 1 atom stereocenters. The third kappa shape index (κ3) is 2.90. The Labute approximate surface area is 76.5 Å². The van der Waals surface area contributed by atoms with Crippen LogP contribution in [0, 0.1) is 5.41 Å². The Kier molecular flexibility index (Phi) is 3.68. The summed E-state index contributed by atoms with van der Waals surface area (Å²) >= 11 is 0. The number of hydrogen-bond donors (Lipinski definition) is 4. The Morgan fingerprint density at radius 1 is 1.46 bits per heavy atom. The van der Waals surface area contributed by atoms with E-state index in [0.29, 0.717) is 0 Å². The third-order valence-corrected chi connectivity index (χ3v) is 2.14. The Hall–Kier alpha value is -1.30. The first-order chi connectivity index (χ1) is 5.82. The van der Waals surface area contributed by atoms with Crippen LogP contribution in [0.15, 0.2) is 0 Å². The van der Waals surface area contributed by atoms with E-state index in [4.69, 9.17) is 10.9 Å². The lowest BCUT2D eigenvalue weighted by Crippen LogP contribution is -2.52. The second-order valence-electron chi connectivity index (χ2n) is 3.37. The number of amides is 2. The van der Waals surface area contributed by atoms with Gasteiger partial charge >= 0.3 is 6.09 Å². The fraction of sp³-hybridized carbons (Fsp3) is 0.714. The van der Waals surface area contributed by atoms with E-state index in [-0.39, 0.29) is 0 Å². The van der Waals surface area contributed by atoms with Gasteiger partial charge in [0.15, 0.2) is 0 Å². The molecule has 0 saturated carbocycles. The van der Waals surface area contributed by atoms with E-state index in [9.17, 15) is 9.59 Å². The quantitative estimate of drug-likeness (QED) is 0.277. The zero-order chi connectivity index (χ0) is 10.6. The van der Waals surface area contributed by atoms with Crippen LogP contribution in [0.2, 0.25) is 0 Å². The van der Waals surface area contributed by atoms with Gasteiger partial charge in [-0.15, -0.1) is 0 Å². The van der Waals surface area contributed by atoms with Gasteiger partial charge in [-0.3, -0.25) is 10.2 Å². The Bertz CT molecular complexity index is 215. The molecule has 0 radical (unpaired) electrons. The highest BCUT2D eigenvalue weighted by Crippen LogP contribution is 2.19. The van der Waals surface area contributed by atoms with Crippen LogP contribution in [-0.2, 0) is 4.79 Å². The molecule has 2 amide bonds. The van der Waals surface area contributed by atoms with Crippen LogP contribution in [-0.4, -0.2) is 23.1 Å². The number of hydrazine groups is 1. The summed E-state index contributed by atoms with van der Waals surface area (Å²) in [4.78, 5) is 21.5. The molecule has 0 aliphatic carbocycles. The van der Waals surface area contributed by atoms with Gasteiger partial charge in [-0.25, -0.2) is 10.6 Å². The summed E-state index contributed by atoms with van der Waals surface area (Å²) in [6, 6.07) is -0.506. The molecule has 6 heteroatoms. The fourth-order valence-electron chi connectivity index (χ4n) is 0.748. The molecule has 0 aliphatic rings. The van der Waals surface area contributed by atoms with Crippen molar-refractivity contribution in [2.45, 2.75) is 26.8 Å². The number of carboxylic acid groups (broad SMARTS) is 1. The maximum atomic E-state index is 11.2. The van der Waals surface area contributed by atoms with Crippen LogP contribution in [0.3, 0.4) is 0 Å². The predicted octanol–water partition coefficient (Wildman–Crippen LogP) is -0.341. The van der Waals surface area contributed by atoms with E-state index in [1.165, 1.54) is 0 Å². The highest BCUT2D eigenvalue weighted by atomic mass is 16.4. The van der Waals surface area contributed by atoms with Crippen molar-refractivity contribution in [2.24, 2.45) is 11.3 Å². The van der Waals surface area contributed by atoms with Crippen molar-refractivity contribution in [3.05, 3.63) is 0 Å². The Morgan fingerprint density at radius 3 is 2.23 bits per heavy atom. The van der Waals surface area contributed by atoms with E-state index < -0.39 is 23.5 Å². The van der Waals surface area contributed by atoms with Gasteiger partial charge in [0.05, 0.1) is 5.41 Å². The van der Waals surface area contributed by atoms with Gasteiger partial charge in [-0.05, 0) is 20.8 Å². The van der Waals surface area contributed by atoms with Crippen molar-refractivity contribution in [3.8, 4) is 0 Å². The minimum absolute atomic E-state index is 0.409. The molecule has 13 heavy (non-hydrogen) atoms. The summed E-state index contributed by atoms with van der Waals surface area (Å²) in [7, 11) is 0. The van der Waals surface area contributed by atoms with E-state index in [1.807, 2.05) is 5.43 Å². The van der Waals surface area contributed by atoms with Crippen molar-refractivity contribution >= 4 is 12.0 Å². The van der Waals surface area contributed by atoms with Crippen LogP contribution in [0.25, 0.3) is 0 Å². The fourth-order valence-corrected chi connectivity index (χ4v) is 0.748. The lowest BCUT2D eigenvalue weighted by atomic mass is 9.84. The van der Waals surface area contributed by atoms with Gasteiger partial charge in [0.1, 0.15) is 0 Å². The van der Waals surface area contributed by atoms with Crippen molar-refractivity contribution < 1.29 is 14.7 Å². The lowest BCUT2D eigenvalue weighted by molar-refractivity contribution is -0.130. The Balaban J connectivity index is 4.43. The first kappa shape index (κ1) is 11.7. The van der Waals surface area contributed by atoms with Crippen molar-refractivity contribution in [1.82, 2.24) is 10.7 Å². The van der Waals surface area contributed by atoms with Crippen LogP contribution in [0.1, 0.15) is 20.8 Å². The molecule has 0 rings (SSSR count). The largest absolute Gasteiger partial charge is 0.465 e. The standard InChI is InChI=1S/C7H15N3O3/c1-4(9-6(12)13)7(2,3)5(11)10-8/h4,9H,8H2,1-3H3,(H,10,11)(H,12,13)/t4-/m0/s1. The zero-order valence-electron chi connectivity index (χ0n) is 7.92. The highest BCUT2D eigenvalue weighted by molar-refractivity contribution is 5.82. The molecular formula is C7H15N3O3. The Morgan fingerprint density at radius 2 is 1.92 bits per heavy atom. The average molecular weight is 189 g/mol. The zero-order valence-corrected chi connectivity index (χ0v) is 7.92. The molecule has 0 aromatic rings. The van der Waals surface area contributed by atoms with Crippen molar-refractivity contribution in [2.75, 3.05) is 0 Å². The first-order valence-corrected chi connectivity index (χ1v) is 3.83. The SMILES string of the molecule is C[C@H](NC(=O)O)C(C)(C)C(=O)NN.